The van der Waals surface area contributed by atoms with Gasteiger partial charge in [-0.25, -0.2) is 14.8 Å². The maximum atomic E-state index is 12.6. The van der Waals surface area contributed by atoms with Crippen LogP contribution in [0.15, 0.2) is 60.7 Å². The molecule has 0 spiro atoms. The highest BCUT2D eigenvalue weighted by atomic mass is 16.5. The highest BCUT2D eigenvalue weighted by molar-refractivity contribution is 6.03. The molecular weight excluding hydrogens is 356 g/mol. The monoisotopic (exact) mass is 376 g/mol. The second-order valence-electron chi connectivity index (χ2n) is 6.11. The Morgan fingerprint density at radius 3 is 2.32 bits per heavy atom. The van der Waals surface area contributed by atoms with Crippen LogP contribution in [0.2, 0.25) is 0 Å². The molecule has 28 heavy (non-hydrogen) atoms. The Balaban J connectivity index is 1.80. The van der Waals surface area contributed by atoms with E-state index < -0.39 is 5.97 Å². The molecule has 142 valence electrons. The number of nitrogens with one attached hydrogen (secondary N) is 1. The Morgan fingerprint density at radius 1 is 1.00 bits per heavy atom. The van der Waals surface area contributed by atoms with Gasteiger partial charge in [0.15, 0.2) is 0 Å². The van der Waals surface area contributed by atoms with E-state index in [-0.39, 0.29) is 11.6 Å². The quantitative estimate of drug-likeness (QED) is 0.685. The number of rotatable bonds is 5. The summed E-state index contributed by atoms with van der Waals surface area (Å²) < 4.78 is 4.66. The Morgan fingerprint density at radius 2 is 1.68 bits per heavy atom. The zero-order valence-corrected chi connectivity index (χ0v) is 15.8. The van der Waals surface area contributed by atoms with Crippen molar-refractivity contribution < 1.29 is 14.3 Å². The summed E-state index contributed by atoms with van der Waals surface area (Å²) in [6.07, 6.45) is 0. The van der Waals surface area contributed by atoms with Crippen molar-refractivity contribution in [2.45, 2.75) is 6.92 Å². The molecule has 2 aromatic carbocycles. The van der Waals surface area contributed by atoms with Crippen molar-refractivity contribution in [2.75, 3.05) is 24.4 Å². The zero-order chi connectivity index (χ0) is 20.1. The van der Waals surface area contributed by atoms with Gasteiger partial charge in [-0.15, -0.1) is 0 Å². The first-order chi connectivity index (χ1) is 13.5. The van der Waals surface area contributed by atoms with Gasteiger partial charge in [-0.05, 0) is 49.4 Å². The third-order valence-corrected chi connectivity index (χ3v) is 4.08. The van der Waals surface area contributed by atoms with Crippen LogP contribution in [0.5, 0.6) is 0 Å². The van der Waals surface area contributed by atoms with E-state index in [2.05, 4.69) is 20.0 Å². The topological polar surface area (TPSA) is 84.4 Å². The number of para-hydroxylation sites is 1. The molecule has 0 atom stereocenters. The van der Waals surface area contributed by atoms with Gasteiger partial charge in [0.1, 0.15) is 5.69 Å². The Kier molecular flexibility index (Phi) is 5.64. The molecule has 0 fully saturated rings. The number of esters is 1. The molecule has 0 aliphatic carbocycles. The molecule has 1 amide bonds. The predicted octanol–water partition coefficient (Wildman–Crippen LogP) is 3.59. The molecule has 3 rings (SSSR count). The predicted molar refractivity (Wildman–Crippen MR) is 107 cm³/mol. The summed E-state index contributed by atoms with van der Waals surface area (Å²) in [5.74, 6) is -0.366. The van der Waals surface area contributed by atoms with Crippen LogP contribution in [-0.2, 0) is 4.74 Å². The number of aryl methyl sites for hydroxylation is 1. The molecule has 3 aromatic rings. The van der Waals surface area contributed by atoms with Crippen molar-refractivity contribution in [1.29, 1.82) is 0 Å². The van der Waals surface area contributed by atoms with Crippen LogP contribution in [-0.4, -0.2) is 36.0 Å². The lowest BCUT2D eigenvalue weighted by Gasteiger charge is -2.18. The fourth-order valence-corrected chi connectivity index (χ4v) is 2.59. The first kappa shape index (κ1) is 19.0. The minimum Gasteiger partial charge on any atom is -0.465 e. The van der Waals surface area contributed by atoms with E-state index in [1.807, 2.05) is 49.2 Å². The smallest absolute Gasteiger partial charge is 0.337 e. The molecule has 0 aliphatic rings. The first-order valence-corrected chi connectivity index (χ1v) is 8.62. The van der Waals surface area contributed by atoms with Crippen LogP contribution in [0, 0.1) is 6.92 Å². The zero-order valence-electron chi connectivity index (χ0n) is 15.8. The summed E-state index contributed by atoms with van der Waals surface area (Å²) in [6.45, 7) is 1.81. The minimum atomic E-state index is -0.433. The number of methoxy groups -OCH3 is 1. The van der Waals surface area contributed by atoms with Crippen molar-refractivity contribution in [1.82, 2.24) is 9.97 Å². The van der Waals surface area contributed by atoms with E-state index in [4.69, 9.17) is 0 Å². The van der Waals surface area contributed by atoms with E-state index in [9.17, 15) is 9.59 Å². The van der Waals surface area contributed by atoms with E-state index in [0.29, 0.717) is 22.9 Å². The summed E-state index contributed by atoms with van der Waals surface area (Å²) in [6, 6.07) is 17.7. The maximum Gasteiger partial charge on any atom is 0.337 e. The molecule has 0 saturated heterocycles. The van der Waals surface area contributed by atoms with Crippen LogP contribution >= 0.6 is 0 Å². The largest absolute Gasteiger partial charge is 0.465 e. The molecule has 1 heterocycles. The van der Waals surface area contributed by atoms with Gasteiger partial charge in [0, 0.05) is 24.1 Å². The van der Waals surface area contributed by atoms with Crippen molar-refractivity contribution in [2.24, 2.45) is 0 Å². The number of anilines is 3. The fourth-order valence-electron chi connectivity index (χ4n) is 2.59. The van der Waals surface area contributed by atoms with Gasteiger partial charge in [0.05, 0.1) is 12.7 Å². The highest BCUT2D eigenvalue weighted by Gasteiger charge is 2.14. The van der Waals surface area contributed by atoms with Crippen LogP contribution in [0.4, 0.5) is 17.3 Å². The van der Waals surface area contributed by atoms with Gasteiger partial charge in [-0.3, -0.25) is 4.79 Å². The highest BCUT2D eigenvalue weighted by Crippen LogP contribution is 2.20. The number of hydrogen-bond acceptors (Lipinski definition) is 6. The average molecular weight is 376 g/mol. The van der Waals surface area contributed by atoms with Crippen molar-refractivity contribution in [3.8, 4) is 0 Å². The number of nitrogens with zero attached hydrogens (tertiary/aromatic N) is 3. The summed E-state index contributed by atoms with van der Waals surface area (Å²) in [7, 11) is 3.16. The summed E-state index contributed by atoms with van der Waals surface area (Å²) in [5.41, 5.74) is 2.80. The van der Waals surface area contributed by atoms with Gasteiger partial charge < -0.3 is 15.0 Å². The average Bonchev–Trinajstić information content (AvgIpc) is 2.73. The molecule has 1 aromatic heterocycles. The van der Waals surface area contributed by atoms with Crippen molar-refractivity contribution >= 4 is 29.2 Å². The second kappa shape index (κ2) is 8.30. The molecule has 1 N–H and O–H groups in total. The fraction of sp³-hybridized carbons (Fsp3) is 0.143. The van der Waals surface area contributed by atoms with Gasteiger partial charge in [0.2, 0.25) is 5.95 Å². The molecule has 0 saturated carbocycles. The minimum absolute atomic E-state index is 0.252. The van der Waals surface area contributed by atoms with E-state index in [1.54, 1.807) is 30.3 Å². The molecule has 7 heteroatoms. The first-order valence-electron chi connectivity index (χ1n) is 8.62. The van der Waals surface area contributed by atoms with Crippen molar-refractivity contribution in [3.05, 3.63) is 77.6 Å². The lowest BCUT2D eigenvalue weighted by Crippen LogP contribution is -2.19. The Hall–Kier alpha value is -3.74. The third-order valence-electron chi connectivity index (χ3n) is 4.08. The van der Waals surface area contributed by atoms with Crippen molar-refractivity contribution in [3.63, 3.8) is 0 Å². The lowest BCUT2D eigenvalue weighted by molar-refractivity contribution is 0.0600. The summed E-state index contributed by atoms with van der Waals surface area (Å²) in [4.78, 5) is 34.8. The van der Waals surface area contributed by atoms with E-state index in [0.717, 1.165) is 5.69 Å². The van der Waals surface area contributed by atoms with Gasteiger partial charge in [0.25, 0.3) is 5.91 Å². The number of hydrogen-bond donors (Lipinski definition) is 1. The Bertz CT molecular complexity index is 988. The maximum absolute atomic E-state index is 12.6. The lowest BCUT2D eigenvalue weighted by atomic mass is 10.2. The van der Waals surface area contributed by atoms with Gasteiger partial charge >= 0.3 is 5.97 Å². The molecular formula is C21H20N4O3. The number of amides is 1. The van der Waals surface area contributed by atoms with Crippen LogP contribution in [0.1, 0.15) is 26.5 Å². The number of benzene rings is 2. The second-order valence-corrected chi connectivity index (χ2v) is 6.11. The summed E-state index contributed by atoms with van der Waals surface area (Å²) in [5, 5.41) is 2.78. The third kappa shape index (κ3) is 4.32. The number of carbonyl (C=O) groups excluding carboxylic acids is 2. The van der Waals surface area contributed by atoms with Gasteiger partial charge in [-0.2, -0.15) is 0 Å². The van der Waals surface area contributed by atoms with Crippen LogP contribution in [0.3, 0.4) is 0 Å². The molecule has 7 nitrogen and oxygen atoms in total. The van der Waals surface area contributed by atoms with Crippen LogP contribution in [0.25, 0.3) is 0 Å². The number of carbonyl (C=O) groups is 2. The number of aromatic nitrogens is 2. The van der Waals surface area contributed by atoms with Crippen LogP contribution < -0.4 is 10.2 Å². The number of ether oxygens (including phenoxy) is 1. The summed E-state index contributed by atoms with van der Waals surface area (Å²) >= 11 is 0. The van der Waals surface area contributed by atoms with E-state index in [1.165, 1.54) is 7.11 Å². The molecule has 0 bridgehead atoms. The standard InChI is InChI=1S/C21H20N4O3/c1-14-13-18(24-21(22-14)25(2)17-7-5-4-6-8-17)19(26)23-16-11-9-15(10-12-16)20(27)28-3/h4-13H,1-3H3,(H,23,26). The van der Waals surface area contributed by atoms with E-state index >= 15 is 0 Å². The molecule has 0 aliphatic heterocycles. The SMILES string of the molecule is COC(=O)c1ccc(NC(=O)c2cc(C)nc(N(C)c3ccccc3)n2)cc1. The molecule has 0 unspecified atom stereocenters. The normalized spacial score (nSPS) is 10.2. The molecule has 0 radical (unpaired) electrons. The Labute approximate surface area is 163 Å². The van der Waals surface area contributed by atoms with Gasteiger partial charge in [-0.1, -0.05) is 18.2 Å².